The molecular weight excluding hydrogens is 246 g/mol. The summed E-state index contributed by atoms with van der Waals surface area (Å²) in [6.07, 6.45) is 0. The highest BCUT2D eigenvalue weighted by atomic mass is 32.1. The average molecular weight is 259 g/mol. The molecule has 1 saturated heterocycles. The molecule has 5 nitrogen and oxygen atoms in total. The Bertz CT molecular complexity index is 695. The zero-order chi connectivity index (χ0) is 11.9. The molecule has 1 aliphatic heterocycles. The van der Waals surface area contributed by atoms with E-state index in [2.05, 4.69) is 49.5 Å². The molecule has 1 aliphatic rings. The summed E-state index contributed by atoms with van der Waals surface area (Å²) in [7, 11) is 0. The third-order valence-corrected chi connectivity index (χ3v) is 4.33. The van der Waals surface area contributed by atoms with E-state index in [9.17, 15) is 0 Å². The maximum atomic E-state index is 4.35. The molecule has 3 aromatic rings. The van der Waals surface area contributed by atoms with Gasteiger partial charge in [-0.15, -0.1) is 10.2 Å². The highest BCUT2D eigenvalue weighted by molar-refractivity contribution is 7.23. The minimum absolute atomic E-state index is 0.242. The number of hydrogen-bond acceptors (Lipinski definition) is 5. The normalized spacial score (nSPS) is 20.8. The van der Waals surface area contributed by atoms with Crippen molar-refractivity contribution in [1.29, 1.82) is 0 Å². The summed E-state index contributed by atoms with van der Waals surface area (Å²) in [5.74, 6) is 1.01. The number of nitrogens with one attached hydrogen (secondary N) is 2. The first-order chi connectivity index (χ1) is 8.93. The topological polar surface area (TPSA) is 54.2 Å². The molecule has 0 radical (unpaired) electrons. The van der Waals surface area contributed by atoms with Crippen molar-refractivity contribution in [1.82, 2.24) is 25.2 Å². The maximum absolute atomic E-state index is 4.35. The van der Waals surface area contributed by atoms with Gasteiger partial charge in [0.15, 0.2) is 5.82 Å². The second kappa shape index (κ2) is 4.01. The van der Waals surface area contributed by atoms with Gasteiger partial charge in [-0.25, -0.2) is 0 Å². The molecule has 92 valence electrons. The van der Waals surface area contributed by atoms with Crippen LogP contribution in [0.3, 0.4) is 0 Å². The zero-order valence-electron chi connectivity index (χ0n) is 9.76. The maximum Gasteiger partial charge on any atom is 0.217 e. The van der Waals surface area contributed by atoms with Crippen LogP contribution in [0.1, 0.15) is 11.9 Å². The Balaban J connectivity index is 1.94. The van der Waals surface area contributed by atoms with Crippen LogP contribution in [0, 0.1) is 0 Å². The van der Waals surface area contributed by atoms with E-state index >= 15 is 0 Å². The van der Waals surface area contributed by atoms with Gasteiger partial charge < -0.3 is 10.6 Å². The van der Waals surface area contributed by atoms with Crippen LogP contribution in [0.4, 0.5) is 0 Å². The Morgan fingerprint density at radius 3 is 3.06 bits per heavy atom. The fraction of sp³-hybridized carbons (Fsp3) is 0.333. The van der Waals surface area contributed by atoms with Gasteiger partial charge in [0.05, 0.1) is 16.3 Å². The lowest BCUT2D eigenvalue weighted by Gasteiger charge is -2.22. The molecule has 0 amide bonds. The summed E-state index contributed by atoms with van der Waals surface area (Å²) in [5, 5.41) is 15.5. The molecule has 0 bridgehead atoms. The van der Waals surface area contributed by atoms with Gasteiger partial charge in [-0.1, -0.05) is 23.5 Å². The van der Waals surface area contributed by atoms with E-state index in [-0.39, 0.29) is 6.04 Å². The lowest BCUT2D eigenvalue weighted by Crippen LogP contribution is -2.43. The van der Waals surface area contributed by atoms with Crippen molar-refractivity contribution in [2.75, 3.05) is 19.6 Å². The van der Waals surface area contributed by atoms with Gasteiger partial charge in [-0.2, -0.15) is 0 Å². The van der Waals surface area contributed by atoms with Crippen LogP contribution in [0.5, 0.6) is 0 Å². The molecule has 1 unspecified atom stereocenters. The fourth-order valence-corrected chi connectivity index (χ4v) is 3.43. The minimum atomic E-state index is 0.242. The number of nitrogens with zero attached hydrogens (tertiary/aromatic N) is 3. The molecule has 1 aromatic carbocycles. The Morgan fingerprint density at radius 1 is 1.22 bits per heavy atom. The van der Waals surface area contributed by atoms with Gasteiger partial charge in [0.25, 0.3) is 0 Å². The van der Waals surface area contributed by atoms with Gasteiger partial charge in [0.1, 0.15) is 0 Å². The van der Waals surface area contributed by atoms with Crippen LogP contribution in [-0.4, -0.2) is 34.2 Å². The molecule has 0 spiro atoms. The predicted octanol–water partition coefficient (Wildman–Crippen LogP) is 1.18. The van der Waals surface area contributed by atoms with Crippen LogP contribution in [-0.2, 0) is 0 Å². The smallest absolute Gasteiger partial charge is 0.217 e. The highest BCUT2D eigenvalue weighted by Crippen LogP contribution is 2.27. The molecule has 1 atom stereocenters. The molecular formula is C12H13N5S. The lowest BCUT2D eigenvalue weighted by molar-refractivity contribution is 0.414. The summed E-state index contributed by atoms with van der Waals surface area (Å²) in [6, 6.07) is 8.62. The number of fused-ring (bicyclic) bond motifs is 3. The predicted molar refractivity (Wildman–Crippen MR) is 72.0 cm³/mol. The van der Waals surface area contributed by atoms with Gasteiger partial charge >= 0.3 is 0 Å². The van der Waals surface area contributed by atoms with Crippen molar-refractivity contribution in [3.63, 3.8) is 0 Å². The van der Waals surface area contributed by atoms with Crippen LogP contribution >= 0.6 is 11.3 Å². The first kappa shape index (κ1) is 10.4. The number of para-hydroxylation sites is 1. The van der Waals surface area contributed by atoms with Gasteiger partial charge in [0.2, 0.25) is 4.96 Å². The summed E-state index contributed by atoms with van der Waals surface area (Å²) < 4.78 is 3.43. The number of hydrogen-bond donors (Lipinski definition) is 2. The second-order valence-electron chi connectivity index (χ2n) is 4.46. The highest BCUT2D eigenvalue weighted by Gasteiger charge is 2.22. The molecule has 1 fully saturated rings. The van der Waals surface area contributed by atoms with Crippen molar-refractivity contribution in [2.24, 2.45) is 0 Å². The van der Waals surface area contributed by atoms with Gasteiger partial charge in [-0.3, -0.25) is 4.40 Å². The van der Waals surface area contributed by atoms with Crippen molar-refractivity contribution in [3.05, 3.63) is 30.1 Å². The first-order valence-corrected chi connectivity index (χ1v) is 6.92. The molecule has 3 heterocycles. The number of benzene rings is 1. The lowest BCUT2D eigenvalue weighted by atomic mass is 10.2. The average Bonchev–Trinajstić information content (AvgIpc) is 2.98. The Kier molecular flexibility index (Phi) is 2.32. The third kappa shape index (κ3) is 1.46. The van der Waals surface area contributed by atoms with E-state index < -0.39 is 0 Å². The second-order valence-corrected chi connectivity index (χ2v) is 5.47. The first-order valence-electron chi connectivity index (χ1n) is 6.10. The van der Waals surface area contributed by atoms with Crippen LogP contribution in [0.15, 0.2) is 24.3 Å². The van der Waals surface area contributed by atoms with Gasteiger partial charge in [-0.05, 0) is 12.1 Å². The van der Waals surface area contributed by atoms with Crippen molar-refractivity contribution >= 4 is 26.5 Å². The Hall–Kier alpha value is -1.50. The molecule has 0 aliphatic carbocycles. The molecule has 2 aromatic heterocycles. The van der Waals surface area contributed by atoms with E-state index in [0.29, 0.717) is 0 Å². The van der Waals surface area contributed by atoms with E-state index in [4.69, 9.17) is 0 Å². The van der Waals surface area contributed by atoms with Crippen molar-refractivity contribution in [3.8, 4) is 0 Å². The Labute approximate surface area is 108 Å². The summed E-state index contributed by atoms with van der Waals surface area (Å²) in [4.78, 5) is 0.971. The van der Waals surface area contributed by atoms with Crippen LogP contribution < -0.4 is 10.6 Å². The molecule has 4 rings (SSSR count). The summed E-state index contributed by atoms with van der Waals surface area (Å²) in [5.41, 5.74) is 1.20. The van der Waals surface area contributed by atoms with E-state index in [1.165, 1.54) is 10.2 Å². The minimum Gasteiger partial charge on any atom is -0.313 e. The van der Waals surface area contributed by atoms with E-state index in [1.54, 1.807) is 11.3 Å². The molecule has 2 N–H and O–H groups in total. The number of aromatic nitrogens is 3. The summed E-state index contributed by atoms with van der Waals surface area (Å²) >= 11 is 1.69. The van der Waals surface area contributed by atoms with E-state index in [1.807, 2.05) is 0 Å². The van der Waals surface area contributed by atoms with Gasteiger partial charge in [0, 0.05) is 19.6 Å². The number of thiazole rings is 1. The zero-order valence-corrected chi connectivity index (χ0v) is 10.6. The van der Waals surface area contributed by atoms with Crippen molar-refractivity contribution < 1.29 is 0 Å². The Morgan fingerprint density at radius 2 is 2.17 bits per heavy atom. The molecule has 0 saturated carbocycles. The van der Waals surface area contributed by atoms with Crippen LogP contribution in [0.25, 0.3) is 15.2 Å². The standard InChI is InChI=1S/C12H13N5S/c1-2-4-10-9(3-1)17-11(15-16-12(17)18-10)8-7-13-5-6-14-8/h1-4,8,13-14H,5-7H2. The number of rotatable bonds is 1. The fourth-order valence-electron chi connectivity index (χ4n) is 2.46. The third-order valence-electron chi connectivity index (χ3n) is 3.32. The molecule has 18 heavy (non-hydrogen) atoms. The van der Waals surface area contributed by atoms with E-state index in [0.717, 1.165) is 30.4 Å². The quantitative estimate of drug-likeness (QED) is 0.689. The molecule has 6 heteroatoms. The monoisotopic (exact) mass is 259 g/mol. The summed E-state index contributed by atoms with van der Waals surface area (Å²) in [6.45, 7) is 2.90. The SMILES string of the molecule is c1ccc2c(c1)sc1nnc(C3CNCCN3)n12. The van der Waals surface area contributed by atoms with Crippen molar-refractivity contribution in [2.45, 2.75) is 6.04 Å². The number of piperazine rings is 1. The van der Waals surface area contributed by atoms with Crippen LogP contribution in [0.2, 0.25) is 0 Å². The largest absolute Gasteiger partial charge is 0.313 e.